The van der Waals surface area contributed by atoms with Crippen molar-refractivity contribution in [2.75, 3.05) is 9.80 Å². The first-order valence-corrected chi connectivity index (χ1v) is 23.5. The lowest BCUT2D eigenvalue weighted by molar-refractivity contribution is 0.332. The Morgan fingerprint density at radius 2 is 1.11 bits per heavy atom. The van der Waals surface area contributed by atoms with E-state index in [1.807, 2.05) is 11.3 Å². The molecule has 0 atom stereocenters. The monoisotopic (exact) mass is 824 g/mol. The van der Waals surface area contributed by atoms with Crippen molar-refractivity contribution in [1.29, 1.82) is 0 Å². The Morgan fingerprint density at radius 1 is 0.500 bits per heavy atom. The van der Waals surface area contributed by atoms with Crippen molar-refractivity contribution >= 4 is 88.7 Å². The molecular formula is C58H57BN2S. The fourth-order valence-electron chi connectivity index (χ4n) is 11.4. The molecule has 2 nitrogen and oxygen atoms in total. The van der Waals surface area contributed by atoms with Crippen LogP contribution < -0.4 is 26.2 Å². The highest BCUT2D eigenvalue weighted by Gasteiger charge is 2.46. The van der Waals surface area contributed by atoms with Crippen LogP contribution in [0.15, 0.2) is 121 Å². The molecule has 0 saturated heterocycles. The molecule has 0 N–H and O–H groups in total. The van der Waals surface area contributed by atoms with E-state index in [9.17, 15) is 0 Å². The molecule has 0 unspecified atom stereocenters. The van der Waals surface area contributed by atoms with Crippen molar-refractivity contribution in [3.63, 3.8) is 0 Å². The zero-order valence-electron chi connectivity index (χ0n) is 38.3. The highest BCUT2D eigenvalue weighted by Crippen LogP contribution is 2.52. The van der Waals surface area contributed by atoms with E-state index in [1.165, 1.54) is 134 Å². The van der Waals surface area contributed by atoms with E-state index < -0.39 is 0 Å². The fourth-order valence-corrected chi connectivity index (χ4v) is 12.5. The van der Waals surface area contributed by atoms with E-state index in [1.54, 1.807) is 0 Å². The van der Waals surface area contributed by atoms with Crippen molar-refractivity contribution in [2.24, 2.45) is 0 Å². The molecule has 4 heteroatoms. The van der Waals surface area contributed by atoms with Gasteiger partial charge in [-0.05, 0) is 172 Å². The second-order valence-electron chi connectivity index (χ2n) is 21.1. The van der Waals surface area contributed by atoms with Gasteiger partial charge >= 0.3 is 0 Å². The van der Waals surface area contributed by atoms with Crippen molar-refractivity contribution in [2.45, 2.75) is 105 Å². The lowest BCUT2D eigenvalue weighted by Gasteiger charge is -2.46. The molecule has 7 aromatic carbocycles. The second kappa shape index (κ2) is 13.5. The van der Waals surface area contributed by atoms with E-state index in [-0.39, 0.29) is 23.0 Å². The summed E-state index contributed by atoms with van der Waals surface area (Å²) in [6, 6.07) is 47.5. The van der Waals surface area contributed by atoms with Gasteiger partial charge in [-0.25, -0.2) is 0 Å². The van der Waals surface area contributed by atoms with Gasteiger partial charge in [0.15, 0.2) is 0 Å². The normalized spacial score (nSPS) is 16.0. The van der Waals surface area contributed by atoms with Crippen LogP contribution in [0.1, 0.15) is 100 Å². The standard InChI is InChI=1S/C58H57BN2S/c1-34-17-12-14-21-46(34)60-49-31-41-40-20-13-15-22-52(40)62-53(41)33-45(49)59-44-30-39(56(5,6)7)23-24-47(44)61(48-32-43-42(27-37(48)4)57(8,9)25-26-58(43,10)11)51-29-38(28-50(60)55(51)59)54-35(2)18-16-19-36(54)3/h12-24,27-33H,25-26H2,1-11H3. The first-order chi connectivity index (χ1) is 29.5. The fraction of sp³-hybridized carbons (Fsp3) is 0.276. The van der Waals surface area contributed by atoms with Crippen LogP contribution in [0.5, 0.6) is 0 Å². The Kier molecular flexibility index (Phi) is 8.53. The molecule has 0 amide bonds. The van der Waals surface area contributed by atoms with Crippen LogP contribution in [-0.2, 0) is 16.2 Å². The molecule has 1 aliphatic carbocycles. The van der Waals surface area contributed by atoms with Crippen molar-refractivity contribution < 1.29 is 0 Å². The number of hydrogen-bond acceptors (Lipinski definition) is 3. The molecule has 2 aliphatic heterocycles. The van der Waals surface area contributed by atoms with Gasteiger partial charge in [0.05, 0.1) is 0 Å². The average molecular weight is 825 g/mol. The number of nitrogens with zero attached hydrogens (tertiary/aromatic N) is 2. The summed E-state index contributed by atoms with van der Waals surface area (Å²) in [6.45, 7) is 26.1. The van der Waals surface area contributed by atoms with Crippen LogP contribution in [0.2, 0.25) is 0 Å². The van der Waals surface area contributed by atoms with Crippen molar-refractivity contribution in [1.82, 2.24) is 0 Å². The maximum atomic E-state index is 2.68. The predicted octanol–water partition coefficient (Wildman–Crippen LogP) is 14.7. The summed E-state index contributed by atoms with van der Waals surface area (Å²) in [5.74, 6) is 0. The third kappa shape index (κ3) is 5.75. The molecule has 3 aliphatic rings. The SMILES string of the molecule is Cc1ccccc1N1c2cc3c(cc2B2c4cc(C(C)(C)C)ccc4N(c4cc5c(cc4C)C(C)(C)CCC5(C)C)c4cc(-c5c(C)cccc5C)cc1c42)sc1ccccc13. The quantitative estimate of drug-likeness (QED) is 0.164. The maximum Gasteiger partial charge on any atom is 0.252 e. The van der Waals surface area contributed by atoms with Crippen LogP contribution in [-0.4, -0.2) is 6.71 Å². The number of benzene rings is 7. The number of thiophene rings is 1. The first-order valence-electron chi connectivity index (χ1n) is 22.7. The van der Waals surface area contributed by atoms with Gasteiger partial charge in [-0.1, -0.05) is 121 Å². The molecule has 62 heavy (non-hydrogen) atoms. The van der Waals surface area contributed by atoms with Gasteiger partial charge in [0.25, 0.3) is 6.71 Å². The molecule has 8 aromatic rings. The summed E-state index contributed by atoms with van der Waals surface area (Å²) in [6.07, 6.45) is 2.37. The Balaban J connectivity index is 1.32. The topological polar surface area (TPSA) is 6.48 Å². The number of anilines is 6. The number of rotatable bonds is 3. The lowest BCUT2D eigenvalue weighted by Crippen LogP contribution is -2.61. The van der Waals surface area contributed by atoms with E-state index in [0.717, 1.165) is 0 Å². The Hall–Kier alpha value is -5.58. The van der Waals surface area contributed by atoms with Crippen LogP contribution in [0, 0.1) is 27.7 Å². The average Bonchev–Trinajstić information content (AvgIpc) is 3.59. The molecule has 0 saturated carbocycles. The van der Waals surface area contributed by atoms with Gasteiger partial charge in [0.2, 0.25) is 0 Å². The number of aryl methyl sites for hydroxylation is 4. The number of fused-ring (bicyclic) bond motifs is 8. The largest absolute Gasteiger partial charge is 0.311 e. The van der Waals surface area contributed by atoms with Gasteiger partial charge in [0, 0.05) is 54.3 Å². The highest BCUT2D eigenvalue weighted by molar-refractivity contribution is 7.26. The number of hydrogen-bond donors (Lipinski definition) is 0. The molecule has 3 heterocycles. The lowest BCUT2D eigenvalue weighted by atomic mass is 9.33. The number of para-hydroxylation sites is 1. The van der Waals surface area contributed by atoms with Gasteiger partial charge in [-0.2, -0.15) is 0 Å². The maximum absolute atomic E-state index is 2.68. The second-order valence-corrected chi connectivity index (χ2v) is 22.2. The minimum Gasteiger partial charge on any atom is -0.311 e. The molecule has 0 spiro atoms. The van der Waals surface area contributed by atoms with Crippen LogP contribution in [0.3, 0.4) is 0 Å². The van der Waals surface area contributed by atoms with Gasteiger partial charge < -0.3 is 9.80 Å². The summed E-state index contributed by atoms with van der Waals surface area (Å²) < 4.78 is 2.68. The summed E-state index contributed by atoms with van der Waals surface area (Å²) in [4.78, 5) is 5.31. The third-order valence-electron chi connectivity index (χ3n) is 15.0. The van der Waals surface area contributed by atoms with Crippen LogP contribution >= 0.6 is 11.3 Å². The molecule has 1 aromatic heterocycles. The summed E-state index contributed by atoms with van der Waals surface area (Å²) in [5, 5.41) is 2.66. The van der Waals surface area contributed by atoms with E-state index in [0.29, 0.717) is 0 Å². The van der Waals surface area contributed by atoms with E-state index in [2.05, 4.69) is 207 Å². The zero-order chi connectivity index (χ0) is 43.2. The summed E-state index contributed by atoms with van der Waals surface area (Å²) >= 11 is 1.93. The minimum absolute atomic E-state index is 0.0212. The van der Waals surface area contributed by atoms with E-state index >= 15 is 0 Å². The molecule has 0 fully saturated rings. The Bertz CT molecular complexity index is 3170. The van der Waals surface area contributed by atoms with Crippen molar-refractivity contribution in [3.05, 3.63) is 160 Å². The molecule has 11 rings (SSSR count). The van der Waals surface area contributed by atoms with Crippen LogP contribution in [0.25, 0.3) is 31.3 Å². The summed E-state index contributed by atoms with van der Waals surface area (Å²) in [5.41, 5.74) is 24.0. The minimum atomic E-state index is -0.0212. The van der Waals surface area contributed by atoms with Crippen molar-refractivity contribution in [3.8, 4) is 11.1 Å². The van der Waals surface area contributed by atoms with E-state index in [4.69, 9.17) is 0 Å². The third-order valence-corrected chi connectivity index (χ3v) is 16.1. The smallest absolute Gasteiger partial charge is 0.252 e. The Labute approximate surface area is 373 Å². The van der Waals surface area contributed by atoms with Crippen LogP contribution in [0.4, 0.5) is 34.1 Å². The predicted molar refractivity (Wildman–Crippen MR) is 272 cm³/mol. The zero-order valence-corrected chi connectivity index (χ0v) is 39.2. The molecule has 0 bridgehead atoms. The Morgan fingerprint density at radius 3 is 1.81 bits per heavy atom. The molecular weight excluding hydrogens is 768 g/mol. The first kappa shape index (κ1) is 39.3. The van der Waals surface area contributed by atoms with Gasteiger partial charge in [0.1, 0.15) is 0 Å². The van der Waals surface area contributed by atoms with Gasteiger partial charge in [-0.3, -0.25) is 0 Å². The highest BCUT2D eigenvalue weighted by atomic mass is 32.1. The molecule has 0 radical (unpaired) electrons. The van der Waals surface area contributed by atoms with Gasteiger partial charge in [-0.15, -0.1) is 11.3 Å². The molecule has 308 valence electrons. The summed E-state index contributed by atoms with van der Waals surface area (Å²) in [7, 11) is 0.